The van der Waals surface area contributed by atoms with E-state index in [2.05, 4.69) is 20.4 Å². The van der Waals surface area contributed by atoms with Gasteiger partial charge in [0.2, 0.25) is 5.95 Å². The lowest BCUT2D eigenvalue weighted by Crippen LogP contribution is -2.20. The number of thiophene rings is 1. The van der Waals surface area contributed by atoms with E-state index >= 15 is 0 Å². The third-order valence-corrected chi connectivity index (χ3v) is 5.52. The Bertz CT molecular complexity index is 1420. The molecule has 0 aliphatic heterocycles. The molecular formula is C21H13F6N5O2S. The number of hydrogen-bond donors (Lipinski definition) is 2. The quantitative estimate of drug-likeness (QED) is 0.363. The number of rotatable bonds is 4. The number of H-pyrrole nitrogens is 1. The molecule has 1 aromatic carbocycles. The van der Waals surface area contributed by atoms with Crippen molar-refractivity contribution < 1.29 is 31.1 Å². The van der Waals surface area contributed by atoms with Gasteiger partial charge >= 0.3 is 12.4 Å². The zero-order valence-corrected chi connectivity index (χ0v) is 18.3. The van der Waals surface area contributed by atoms with Crippen LogP contribution in [-0.4, -0.2) is 25.7 Å². The molecule has 0 spiro atoms. The first-order chi connectivity index (χ1) is 16.3. The molecule has 4 aromatic rings. The van der Waals surface area contributed by atoms with Crippen molar-refractivity contribution in [2.24, 2.45) is 0 Å². The first kappa shape index (κ1) is 24.2. The Labute approximate surface area is 196 Å². The van der Waals surface area contributed by atoms with Crippen LogP contribution in [-0.2, 0) is 12.4 Å². The molecular weight excluding hydrogens is 500 g/mol. The number of hydrogen-bond acceptors (Lipinski definition) is 5. The van der Waals surface area contributed by atoms with Crippen LogP contribution in [0.5, 0.6) is 0 Å². The first-order valence-corrected chi connectivity index (χ1v) is 10.5. The van der Waals surface area contributed by atoms with E-state index in [1.54, 1.807) is 17.5 Å². The van der Waals surface area contributed by atoms with E-state index in [1.807, 2.05) is 0 Å². The molecule has 0 fully saturated rings. The maximum absolute atomic E-state index is 13.2. The summed E-state index contributed by atoms with van der Waals surface area (Å²) in [5.41, 5.74) is -4.04. The fraction of sp³-hybridized carbons (Fsp3) is 0.143. The molecule has 0 saturated heterocycles. The van der Waals surface area contributed by atoms with Crippen LogP contribution in [0.4, 0.5) is 32.2 Å². The van der Waals surface area contributed by atoms with E-state index in [1.165, 1.54) is 30.4 Å². The molecule has 182 valence electrons. The van der Waals surface area contributed by atoms with Crippen LogP contribution in [0.2, 0.25) is 0 Å². The van der Waals surface area contributed by atoms with Gasteiger partial charge in [-0.1, -0.05) is 6.07 Å². The van der Waals surface area contributed by atoms with Gasteiger partial charge in [-0.2, -0.15) is 36.1 Å². The number of alkyl halides is 6. The van der Waals surface area contributed by atoms with Crippen LogP contribution in [0.15, 0.2) is 52.6 Å². The predicted octanol–water partition coefficient (Wildman–Crippen LogP) is 5.28. The standard InChI is InChI=1S/C21H13F6N5O2S/c1-10-5-17(33)30-19(28-10)32-16(9-14(31-32)15-3-2-4-35-15)29-18(34)11-6-12(20(22,23)24)8-13(7-11)21(25,26)27/h2-9H,1H3,(H,29,34)(H,28,30,33). The molecule has 4 rings (SSSR count). The van der Waals surface area contributed by atoms with Crippen molar-refractivity contribution in [1.82, 2.24) is 19.7 Å². The molecule has 14 heteroatoms. The average molecular weight is 513 g/mol. The minimum atomic E-state index is -5.12. The normalized spacial score (nSPS) is 12.1. The van der Waals surface area contributed by atoms with Crippen molar-refractivity contribution in [3.8, 4) is 16.5 Å². The number of carbonyl (C=O) groups is 1. The second kappa shape index (κ2) is 8.69. The van der Waals surface area contributed by atoms with Gasteiger partial charge in [0.25, 0.3) is 11.5 Å². The first-order valence-electron chi connectivity index (χ1n) is 9.64. The van der Waals surface area contributed by atoms with Gasteiger partial charge in [-0.05, 0) is 36.6 Å². The summed E-state index contributed by atoms with van der Waals surface area (Å²) in [5.74, 6) is -1.51. The molecule has 3 heterocycles. The van der Waals surface area contributed by atoms with Gasteiger partial charge in [-0.15, -0.1) is 11.3 Å². The van der Waals surface area contributed by atoms with Gasteiger partial charge in [0, 0.05) is 23.4 Å². The second-order valence-electron chi connectivity index (χ2n) is 7.26. The molecule has 0 atom stereocenters. The molecule has 0 saturated carbocycles. The maximum atomic E-state index is 13.2. The molecule has 0 aliphatic rings. The SMILES string of the molecule is Cc1cc(=O)[nH]c(-n2nc(-c3cccs3)cc2NC(=O)c2cc(C(F)(F)F)cc(C(F)(F)F)c2)n1. The van der Waals surface area contributed by atoms with Crippen LogP contribution < -0.4 is 10.9 Å². The van der Waals surface area contributed by atoms with Crippen LogP contribution in [0.25, 0.3) is 16.5 Å². The molecule has 0 radical (unpaired) electrons. The summed E-state index contributed by atoms with van der Waals surface area (Å²) in [6, 6.07) is 6.55. The fourth-order valence-corrected chi connectivity index (χ4v) is 3.80. The molecule has 0 aliphatic carbocycles. The Balaban J connectivity index is 1.80. The zero-order chi connectivity index (χ0) is 25.5. The van der Waals surface area contributed by atoms with Crippen molar-refractivity contribution in [3.05, 3.63) is 80.6 Å². The smallest absolute Gasteiger partial charge is 0.306 e. The lowest BCUT2D eigenvalue weighted by molar-refractivity contribution is -0.143. The lowest BCUT2D eigenvalue weighted by atomic mass is 10.0. The number of aryl methyl sites for hydroxylation is 1. The second-order valence-corrected chi connectivity index (χ2v) is 8.21. The highest BCUT2D eigenvalue weighted by Crippen LogP contribution is 2.36. The Morgan fingerprint density at radius 1 is 1.03 bits per heavy atom. The molecule has 35 heavy (non-hydrogen) atoms. The minimum Gasteiger partial charge on any atom is -0.306 e. The van der Waals surface area contributed by atoms with Crippen LogP contribution in [0, 0.1) is 6.92 Å². The van der Waals surface area contributed by atoms with Crippen molar-refractivity contribution >= 4 is 23.1 Å². The van der Waals surface area contributed by atoms with Crippen LogP contribution >= 0.6 is 11.3 Å². The topological polar surface area (TPSA) is 92.7 Å². The van der Waals surface area contributed by atoms with Gasteiger partial charge in [0.05, 0.1) is 16.0 Å². The molecule has 2 N–H and O–H groups in total. The minimum absolute atomic E-state index is 0.0721. The summed E-state index contributed by atoms with van der Waals surface area (Å²) in [7, 11) is 0. The number of aromatic nitrogens is 4. The third-order valence-electron chi connectivity index (χ3n) is 4.63. The third kappa shape index (κ3) is 5.26. The summed E-state index contributed by atoms with van der Waals surface area (Å²) < 4.78 is 80.2. The molecule has 3 aromatic heterocycles. The average Bonchev–Trinajstić information content (AvgIpc) is 3.41. The van der Waals surface area contributed by atoms with Gasteiger partial charge in [-0.3, -0.25) is 14.6 Å². The highest BCUT2D eigenvalue weighted by atomic mass is 32.1. The number of aromatic amines is 1. The molecule has 7 nitrogen and oxygen atoms in total. The van der Waals surface area contributed by atoms with Crippen LogP contribution in [0.1, 0.15) is 27.2 Å². The largest absolute Gasteiger partial charge is 0.416 e. The number of nitrogens with one attached hydrogen (secondary N) is 2. The van der Waals surface area contributed by atoms with Gasteiger partial charge in [0.1, 0.15) is 11.5 Å². The zero-order valence-electron chi connectivity index (χ0n) is 17.5. The van der Waals surface area contributed by atoms with Crippen molar-refractivity contribution in [2.45, 2.75) is 19.3 Å². The lowest BCUT2D eigenvalue weighted by Gasteiger charge is -2.14. The Morgan fingerprint density at radius 3 is 2.23 bits per heavy atom. The number of amides is 1. The highest BCUT2D eigenvalue weighted by molar-refractivity contribution is 7.13. The Kier molecular flexibility index (Phi) is 6.00. The van der Waals surface area contributed by atoms with Gasteiger partial charge in [-0.25, -0.2) is 4.98 Å². The van der Waals surface area contributed by atoms with Crippen molar-refractivity contribution in [2.75, 3.05) is 5.32 Å². The number of anilines is 1. The van der Waals surface area contributed by atoms with E-state index in [-0.39, 0.29) is 17.8 Å². The predicted molar refractivity (Wildman–Crippen MR) is 114 cm³/mol. The summed E-state index contributed by atoms with van der Waals surface area (Å²) in [4.78, 5) is 31.9. The summed E-state index contributed by atoms with van der Waals surface area (Å²) in [6.07, 6.45) is -10.2. The number of halogens is 6. The number of benzene rings is 1. The van der Waals surface area contributed by atoms with E-state index < -0.39 is 40.5 Å². The van der Waals surface area contributed by atoms with Gasteiger partial charge in [0.15, 0.2) is 0 Å². The van der Waals surface area contributed by atoms with E-state index in [9.17, 15) is 35.9 Å². The van der Waals surface area contributed by atoms with E-state index in [4.69, 9.17) is 0 Å². The molecule has 1 amide bonds. The van der Waals surface area contributed by atoms with Crippen molar-refractivity contribution in [1.29, 1.82) is 0 Å². The van der Waals surface area contributed by atoms with E-state index in [0.29, 0.717) is 28.4 Å². The van der Waals surface area contributed by atoms with Gasteiger partial charge < -0.3 is 5.32 Å². The number of carbonyl (C=O) groups excluding carboxylic acids is 1. The van der Waals surface area contributed by atoms with Crippen molar-refractivity contribution in [3.63, 3.8) is 0 Å². The molecule has 0 unspecified atom stereocenters. The Hall–Kier alpha value is -3.94. The monoisotopic (exact) mass is 513 g/mol. The summed E-state index contributed by atoms with van der Waals surface area (Å²) in [6.45, 7) is 1.53. The highest BCUT2D eigenvalue weighted by Gasteiger charge is 2.37. The number of nitrogens with zero attached hydrogens (tertiary/aromatic N) is 3. The van der Waals surface area contributed by atoms with Crippen LogP contribution in [0.3, 0.4) is 0 Å². The fourth-order valence-electron chi connectivity index (χ4n) is 3.11. The van der Waals surface area contributed by atoms with E-state index in [0.717, 1.165) is 4.68 Å². The maximum Gasteiger partial charge on any atom is 0.416 e. The Morgan fingerprint density at radius 2 is 1.69 bits per heavy atom. The summed E-state index contributed by atoms with van der Waals surface area (Å²) in [5, 5.41) is 8.31. The molecule has 0 bridgehead atoms. The summed E-state index contributed by atoms with van der Waals surface area (Å²) >= 11 is 1.29.